The van der Waals surface area contributed by atoms with Gasteiger partial charge in [0.2, 0.25) is 0 Å². The molecule has 0 aromatic carbocycles. The quantitative estimate of drug-likeness (QED) is 0.716. The number of nitrogens with zero attached hydrogens (tertiary/aromatic N) is 3. The minimum absolute atomic E-state index is 0.0176. The van der Waals surface area contributed by atoms with Crippen molar-refractivity contribution in [2.24, 2.45) is 5.41 Å². The number of Topliss-reactive ketones (excluding diaryl/α,β-unsaturated/α-hetero) is 1. The van der Waals surface area contributed by atoms with Gasteiger partial charge in [0.05, 0.1) is 19.3 Å². The summed E-state index contributed by atoms with van der Waals surface area (Å²) in [6, 6.07) is 0. The Morgan fingerprint density at radius 1 is 1.57 bits per heavy atom. The summed E-state index contributed by atoms with van der Waals surface area (Å²) in [5, 5.41) is 16.1. The minimum Gasteiger partial charge on any atom is -0.394 e. The van der Waals surface area contributed by atoms with E-state index in [0.717, 1.165) is 0 Å². The van der Waals surface area contributed by atoms with Crippen LogP contribution in [0.3, 0.4) is 0 Å². The predicted molar refractivity (Wildman–Crippen MR) is 50.9 cm³/mol. The lowest BCUT2D eigenvalue weighted by atomic mass is 9.89. The fraction of sp³-hybridized carbons (Fsp3) is 0.667. The average molecular weight is 197 g/mol. The molecule has 1 aromatic heterocycles. The molecule has 1 N–H and O–H groups in total. The molecular formula is C9H15N3O2. The Morgan fingerprint density at radius 3 is 2.71 bits per heavy atom. The highest BCUT2D eigenvalue weighted by atomic mass is 16.3. The number of rotatable bonds is 3. The van der Waals surface area contributed by atoms with E-state index in [-0.39, 0.29) is 12.4 Å². The van der Waals surface area contributed by atoms with Crippen molar-refractivity contribution in [3.8, 4) is 0 Å². The van der Waals surface area contributed by atoms with Gasteiger partial charge in [-0.05, 0) is 0 Å². The predicted octanol–water partition coefficient (Wildman–Crippen LogP) is 0.499. The molecule has 0 atom stereocenters. The molecule has 1 heterocycles. The van der Waals surface area contributed by atoms with Crippen molar-refractivity contribution < 1.29 is 9.90 Å². The zero-order valence-corrected chi connectivity index (χ0v) is 8.69. The third-order valence-electron chi connectivity index (χ3n) is 1.84. The SMILES string of the molecule is CC(C)(C)C(=O)c1cnnn1CCO. The van der Waals surface area contributed by atoms with Crippen LogP contribution in [0.15, 0.2) is 6.20 Å². The highest BCUT2D eigenvalue weighted by Gasteiger charge is 2.26. The van der Waals surface area contributed by atoms with E-state index >= 15 is 0 Å². The third kappa shape index (κ3) is 2.17. The van der Waals surface area contributed by atoms with E-state index in [2.05, 4.69) is 10.3 Å². The Labute approximate surface area is 82.7 Å². The van der Waals surface area contributed by atoms with Gasteiger partial charge in [-0.3, -0.25) is 4.79 Å². The van der Waals surface area contributed by atoms with Crippen molar-refractivity contribution in [3.63, 3.8) is 0 Å². The molecule has 0 aliphatic heterocycles. The van der Waals surface area contributed by atoms with Crippen molar-refractivity contribution in [3.05, 3.63) is 11.9 Å². The van der Waals surface area contributed by atoms with E-state index < -0.39 is 5.41 Å². The van der Waals surface area contributed by atoms with E-state index in [0.29, 0.717) is 12.2 Å². The molecule has 0 saturated carbocycles. The van der Waals surface area contributed by atoms with E-state index in [1.165, 1.54) is 10.9 Å². The summed E-state index contributed by atoms with van der Waals surface area (Å²) in [6.45, 7) is 5.77. The first-order valence-electron chi connectivity index (χ1n) is 4.51. The van der Waals surface area contributed by atoms with Gasteiger partial charge in [0.15, 0.2) is 5.78 Å². The van der Waals surface area contributed by atoms with Gasteiger partial charge >= 0.3 is 0 Å². The van der Waals surface area contributed by atoms with Crippen molar-refractivity contribution in [2.45, 2.75) is 27.3 Å². The normalized spacial score (nSPS) is 11.7. The summed E-state index contributed by atoms with van der Waals surface area (Å²) >= 11 is 0. The first-order chi connectivity index (χ1) is 6.46. The van der Waals surface area contributed by atoms with Gasteiger partial charge in [0.25, 0.3) is 0 Å². The van der Waals surface area contributed by atoms with Crippen LogP contribution in [0.2, 0.25) is 0 Å². The van der Waals surface area contributed by atoms with Crippen molar-refractivity contribution >= 4 is 5.78 Å². The number of carbonyl (C=O) groups excluding carboxylic acids is 1. The fourth-order valence-corrected chi connectivity index (χ4v) is 1.08. The number of aliphatic hydroxyl groups excluding tert-OH is 1. The van der Waals surface area contributed by atoms with Crippen molar-refractivity contribution in [1.29, 1.82) is 0 Å². The molecule has 0 saturated heterocycles. The van der Waals surface area contributed by atoms with Crippen LogP contribution in [-0.4, -0.2) is 32.5 Å². The third-order valence-corrected chi connectivity index (χ3v) is 1.84. The van der Waals surface area contributed by atoms with Crippen molar-refractivity contribution in [1.82, 2.24) is 15.0 Å². The second-order valence-corrected chi connectivity index (χ2v) is 4.15. The summed E-state index contributed by atoms with van der Waals surface area (Å²) in [5.74, 6) is -0.0176. The standard InChI is InChI=1S/C9H15N3O2/c1-9(2,3)8(14)7-6-10-11-12(7)4-5-13/h6,13H,4-5H2,1-3H3. The van der Waals surface area contributed by atoms with Gasteiger partial charge in [0, 0.05) is 5.41 Å². The van der Waals surface area contributed by atoms with Crippen LogP contribution < -0.4 is 0 Å². The number of aliphatic hydroxyl groups is 1. The molecule has 0 amide bonds. The zero-order chi connectivity index (χ0) is 10.8. The number of hydrogen-bond donors (Lipinski definition) is 1. The molecule has 0 unspecified atom stereocenters. The average Bonchev–Trinajstić information content (AvgIpc) is 2.50. The minimum atomic E-state index is -0.449. The van der Waals surface area contributed by atoms with Gasteiger partial charge in [-0.15, -0.1) is 5.10 Å². The van der Waals surface area contributed by atoms with Crippen LogP contribution >= 0.6 is 0 Å². The molecule has 1 aromatic rings. The summed E-state index contributed by atoms with van der Waals surface area (Å²) < 4.78 is 1.42. The molecule has 14 heavy (non-hydrogen) atoms. The molecule has 0 fully saturated rings. The van der Waals surface area contributed by atoms with Gasteiger partial charge in [-0.1, -0.05) is 26.0 Å². The Kier molecular flexibility index (Phi) is 3.00. The summed E-state index contributed by atoms with van der Waals surface area (Å²) in [4.78, 5) is 11.8. The topological polar surface area (TPSA) is 68.0 Å². The molecule has 5 heteroatoms. The van der Waals surface area contributed by atoms with E-state index in [1.54, 1.807) is 0 Å². The summed E-state index contributed by atoms with van der Waals surface area (Å²) in [7, 11) is 0. The fourth-order valence-electron chi connectivity index (χ4n) is 1.08. The highest BCUT2D eigenvalue weighted by molar-refractivity contribution is 5.98. The molecule has 5 nitrogen and oxygen atoms in total. The van der Waals surface area contributed by atoms with E-state index in [1.807, 2.05) is 20.8 Å². The highest BCUT2D eigenvalue weighted by Crippen LogP contribution is 2.19. The molecule has 0 spiro atoms. The first-order valence-corrected chi connectivity index (χ1v) is 4.51. The summed E-state index contributed by atoms with van der Waals surface area (Å²) in [6.07, 6.45) is 1.43. The maximum atomic E-state index is 11.8. The smallest absolute Gasteiger partial charge is 0.187 e. The Balaban J connectivity index is 2.95. The van der Waals surface area contributed by atoms with Gasteiger partial charge in [0.1, 0.15) is 5.69 Å². The molecule has 0 aliphatic rings. The Bertz CT molecular complexity index is 325. The monoisotopic (exact) mass is 197 g/mol. The van der Waals surface area contributed by atoms with Crippen LogP contribution in [0.1, 0.15) is 31.3 Å². The second-order valence-electron chi connectivity index (χ2n) is 4.15. The van der Waals surface area contributed by atoms with Crippen LogP contribution in [0.25, 0.3) is 0 Å². The number of aromatic nitrogens is 3. The molecular weight excluding hydrogens is 182 g/mol. The van der Waals surface area contributed by atoms with E-state index in [9.17, 15) is 4.79 Å². The molecule has 0 aliphatic carbocycles. The maximum absolute atomic E-state index is 11.8. The van der Waals surface area contributed by atoms with Crippen LogP contribution in [0.5, 0.6) is 0 Å². The molecule has 0 radical (unpaired) electrons. The van der Waals surface area contributed by atoms with Crippen LogP contribution in [-0.2, 0) is 6.54 Å². The lowest BCUT2D eigenvalue weighted by molar-refractivity contribution is 0.0845. The Hall–Kier alpha value is -1.23. The lowest BCUT2D eigenvalue weighted by Crippen LogP contribution is -2.24. The van der Waals surface area contributed by atoms with Gasteiger partial charge in [-0.2, -0.15) is 0 Å². The van der Waals surface area contributed by atoms with Crippen LogP contribution in [0.4, 0.5) is 0 Å². The van der Waals surface area contributed by atoms with Gasteiger partial charge in [-0.25, -0.2) is 4.68 Å². The van der Waals surface area contributed by atoms with Gasteiger partial charge < -0.3 is 5.11 Å². The number of ketones is 1. The molecule has 0 bridgehead atoms. The number of carbonyl (C=O) groups is 1. The first kappa shape index (κ1) is 10.8. The van der Waals surface area contributed by atoms with E-state index in [4.69, 9.17) is 5.11 Å². The largest absolute Gasteiger partial charge is 0.394 e. The Morgan fingerprint density at radius 2 is 2.21 bits per heavy atom. The summed E-state index contributed by atoms with van der Waals surface area (Å²) in [5.41, 5.74) is 0.00102. The molecule has 78 valence electrons. The maximum Gasteiger partial charge on any atom is 0.187 e. The van der Waals surface area contributed by atoms with Crippen molar-refractivity contribution in [2.75, 3.05) is 6.61 Å². The second kappa shape index (κ2) is 3.88. The molecule has 1 rings (SSSR count). The number of hydrogen-bond acceptors (Lipinski definition) is 4. The lowest BCUT2D eigenvalue weighted by Gasteiger charge is -2.16. The zero-order valence-electron chi connectivity index (χ0n) is 8.69. The van der Waals surface area contributed by atoms with Crippen LogP contribution in [0, 0.1) is 5.41 Å².